The molecule has 0 aliphatic rings. The third-order valence-corrected chi connectivity index (χ3v) is 9.57. The average Bonchev–Trinajstić information content (AvgIpc) is 3.64. The van der Waals surface area contributed by atoms with Crippen LogP contribution in [0.5, 0.6) is 0 Å². The lowest BCUT2D eigenvalue weighted by Gasteiger charge is -2.27. The molecular formula is C40H25NOS. The van der Waals surface area contributed by atoms with Crippen LogP contribution in [0.25, 0.3) is 64.0 Å². The Morgan fingerprint density at radius 2 is 1.14 bits per heavy atom. The Bertz CT molecular complexity index is 2470. The van der Waals surface area contributed by atoms with Crippen molar-refractivity contribution < 1.29 is 4.42 Å². The standard InChI is InChI=1S/C40H25NOS/c1-2-9-26(10-3-1)27-17-18-29-24-30(20-19-28(29)23-27)41(31-21-22-37-34(25-31)32-11-4-6-14-36(32)42-37)35-13-8-16-39-40(35)33-12-5-7-15-38(33)43-39/h1-25H. The zero-order valence-electron chi connectivity index (χ0n) is 23.2. The third kappa shape index (κ3) is 3.93. The summed E-state index contributed by atoms with van der Waals surface area (Å²) in [6, 6.07) is 54.4. The van der Waals surface area contributed by atoms with Crippen molar-refractivity contribution in [3.05, 3.63) is 152 Å². The van der Waals surface area contributed by atoms with Crippen LogP contribution in [0.15, 0.2) is 156 Å². The van der Waals surface area contributed by atoms with Crippen LogP contribution in [-0.4, -0.2) is 0 Å². The van der Waals surface area contributed by atoms with Crippen molar-refractivity contribution in [3.63, 3.8) is 0 Å². The number of rotatable bonds is 4. The van der Waals surface area contributed by atoms with Gasteiger partial charge in [0, 0.05) is 42.3 Å². The maximum atomic E-state index is 6.20. The molecule has 0 spiro atoms. The van der Waals surface area contributed by atoms with E-state index in [1.807, 2.05) is 23.5 Å². The summed E-state index contributed by atoms with van der Waals surface area (Å²) in [4.78, 5) is 2.41. The van der Waals surface area contributed by atoms with E-state index in [-0.39, 0.29) is 0 Å². The van der Waals surface area contributed by atoms with E-state index in [4.69, 9.17) is 4.42 Å². The molecule has 0 N–H and O–H groups in total. The highest BCUT2D eigenvalue weighted by molar-refractivity contribution is 7.26. The van der Waals surface area contributed by atoms with E-state index in [2.05, 4.69) is 144 Å². The van der Waals surface area contributed by atoms with Crippen LogP contribution in [0, 0.1) is 0 Å². The fraction of sp³-hybridized carbons (Fsp3) is 0. The Balaban J connectivity index is 1.29. The van der Waals surface area contributed by atoms with Crippen molar-refractivity contribution >= 4 is 81.3 Å². The predicted molar refractivity (Wildman–Crippen MR) is 184 cm³/mol. The van der Waals surface area contributed by atoms with E-state index in [1.165, 1.54) is 47.8 Å². The quantitative estimate of drug-likeness (QED) is 0.210. The highest BCUT2D eigenvalue weighted by atomic mass is 32.1. The van der Waals surface area contributed by atoms with Crippen LogP contribution >= 0.6 is 11.3 Å². The summed E-state index contributed by atoms with van der Waals surface area (Å²) in [7, 11) is 0. The summed E-state index contributed by atoms with van der Waals surface area (Å²) in [5.41, 5.74) is 7.65. The van der Waals surface area contributed by atoms with Crippen molar-refractivity contribution in [2.24, 2.45) is 0 Å². The number of nitrogens with zero attached hydrogens (tertiary/aromatic N) is 1. The Hall–Kier alpha value is -5.38. The van der Waals surface area contributed by atoms with Gasteiger partial charge in [0.1, 0.15) is 11.2 Å². The third-order valence-electron chi connectivity index (χ3n) is 8.43. The summed E-state index contributed by atoms with van der Waals surface area (Å²) < 4.78 is 8.79. The molecule has 2 heterocycles. The summed E-state index contributed by atoms with van der Waals surface area (Å²) >= 11 is 1.85. The van der Waals surface area contributed by atoms with E-state index in [0.717, 1.165) is 33.3 Å². The average molecular weight is 568 g/mol. The second-order valence-electron chi connectivity index (χ2n) is 11.0. The molecule has 2 nitrogen and oxygen atoms in total. The summed E-state index contributed by atoms with van der Waals surface area (Å²) in [6.07, 6.45) is 0. The zero-order valence-corrected chi connectivity index (χ0v) is 24.0. The number of thiophene rings is 1. The van der Waals surface area contributed by atoms with Gasteiger partial charge in [0.15, 0.2) is 0 Å². The number of hydrogen-bond acceptors (Lipinski definition) is 3. The summed E-state index contributed by atoms with van der Waals surface area (Å²) in [5, 5.41) is 7.24. The molecule has 0 aliphatic heterocycles. The Kier molecular flexibility index (Phi) is 5.40. The van der Waals surface area contributed by atoms with Gasteiger partial charge in [-0.05, 0) is 82.6 Å². The van der Waals surface area contributed by atoms with E-state index in [9.17, 15) is 0 Å². The van der Waals surface area contributed by atoms with Gasteiger partial charge in [-0.25, -0.2) is 0 Å². The summed E-state index contributed by atoms with van der Waals surface area (Å²) in [5.74, 6) is 0. The van der Waals surface area contributed by atoms with E-state index in [1.54, 1.807) is 0 Å². The molecule has 0 unspecified atom stereocenters. The van der Waals surface area contributed by atoms with Crippen LogP contribution in [0.2, 0.25) is 0 Å². The van der Waals surface area contributed by atoms with Crippen LogP contribution in [0.1, 0.15) is 0 Å². The van der Waals surface area contributed by atoms with Gasteiger partial charge < -0.3 is 9.32 Å². The lowest BCUT2D eigenvalue weighted by Crippen LogP contribution is -2.10. The van der Waals surface area contributed by atoms with Gasteiger partial charge in [-0.2, -0.15) is 0 Å². The van der Waals surface area contributed by atoms with Crippen molar-refractivity contribution in [2.75, 3.05) is 4.90 Å². The lowest BCUT2D eigenvalue weighted by molar-refractivity contribution is 0.669. The van der Waals surface area contributed by atoms with Gasteiger partial charge in [0.25, 0.3) is 0 Å². The first-order chi connectivity index (χ1) is 21.3. The van der Waals surface area contributed by atoms with Gasteiger partial charge >= 0.3 is 0 Å². The number of anilines is 3. The minimum Gasteiger partial charge on any atom is -0.456 e. The minimum atomic E-state index is 0.899. The Morgan fingerprint density at radius 1 is 0.442 bits per heavy atom. The highest BCUT2D eigenvalue weighted by Gasteiger charge is 2.20. The molecule has 3 heteroatoms. The molecular weight excluding hydrogens is 543 g/mol. The number of hydrogen-bond donors (Lipinski definition) is 0. The SMILES string of the molecule is c1ccc(-c2ccc3cc(N(c4ccc5oc6ccccc6c5c4)c4cccc5sc6ccccc6c45)ccc3c2)cc1. The summed E-state index contributed by atoms with van der Waals surface area (Å²) in [6.45, 7) is 0. The van der Waals surface area contributed by atoms with Crippen molar-refractivity contribution in [3.8, 4) is 11.1 Å². The minimum absolute atomic E-state index is 0.899. The molecule has 43 heavy (non-hydrogen) atoms. The molecule has 202 valence electrons. The molecule has 0 aliphatic carbocycles. The fourth-order valence-corrected chi connectivity index (χ4v) is 7.53. The molecule has 7 aromatic carbocycles. The number of fused-ring (bicyclic) bond motifs is 7. The molecule has 9 rings (SSSR count). The molecule has 0 fully saturated rings. The Morgan fingerprint density at radius 3 is 2.07 bits per heavy atom. The monoisotopic (exact) mass is 567 g/mol. The van der Waals surface area contributed by atoms with E-state index < -0.39 is 0 Å². The zero-order chi connectivity index (χ0) is 28.3. The van der Waals surface area contributed by atoms with Crippen molar-refractivity contribution in [1.29, 1.82) is 0 Å². The van der Waals surface area contributed by atoms with Crippen LogP contribution < -0.4 is 4.90 Å². The van der Waals surface area contributed by atoms with Crippen molar-refractivity contribution in [2.45, 2.75) is 0 Å². The van der Waals surface area contributed by atoms with Gasteiger partial charge in [0.05, 0.1) is 5.69 Å². The predicted octanol–water partition coefficient (Wildman–Crippen LogP) is 12.2. The second kappa shape index (κ2) is 9.59. The van der Waals surface area contributed by atoms with E-state index in [0.29, 0.717) is 0 Å². The molecule has 0 amide bonds. The molecule has 0 saturated carbocycles. The lowest BCUT2D eigenvalue weighted by atomic mass is 10.0. The molecule has 0 radical (unpaired) electrons. The topological polar surface area (TPSA) is 16.4 Å². The van der Waals surface area contributed by atoms with Crippen molar-refractivity contribution in [1.82, 2.24) is 0 Å². The number of benzene rings is 7. The van der Waals surface area contributed by atoms with E-state index >= 15 is 0 Å². The fourth-order valence-electron chi connectivity index (χ4n) is 6.41. The van der Waals surface area contributed by atoms with Crippen LogP contribution in [0.4, 0.5) is 17.1 Å². The normalized spacial score (nSPS) is 11.7. The van der Waals surface area contributed by atoms with Crippen LogP contribution in [-0.2, 0) is 0 Å². The largest absolute Gasteiger partial charge is 0.456 e. The van der Waals surface area contributed by atoms with Gasteiger partial charge in [-0.3, -0.25) is 0 Å². The first kappa shape index (κ1) is 24.2. The second-order valence-corrected chi connectivity index (χ2v) is 12.1. The van der Waals surface area contributed by atoms with Gasteiger partial charge in [0.2, 0.25) is 0 Å². The highest BCUT2D eigenvalue weighted by Crippen LogP contribution is 2.46. The maximum Gasteiger partial charge on any atom is 0.135 e. The van der Waals surface area contributed by atoms with Crippen LogP contribution in [0.3, 0.4) is 0 Å². The number of furan rings is 1. The maximum absolute atomic E-state index is 6.20. The Labute approximate surface area is 252 Å². The number of para-hydroxylation sites is 1. The molecule has 0 saturated heterocycles. The first-order valence-electron chi connectivity index (χ1n) is 14.5. The van der Waals surface area contributed by atoms with Gasteiger partial charge in [-0.15, -0.1) is 11.3 Å². The molecule has 0 bridgehead atoms. The smallest absolute Gasteiger partial charge is 0.135 e. The molecule has 2 aromatic heterocycles. The first-order valence-corrected chi connectivity index (χ1v) is 15.3. The molecule has 9 aromatic rings. The molecule has 0 atom stereocenters. The van der Waals surface area contributed by atoms with Gasteiger partial charge in [-0.1, -0.05) is 91.0 Å².